The van der Waals surface area contributed by atoms with E-state index in [1.54, 1.807) is 6.07 Å². The largest absolute Gasteiger partial charge is 0.548 e. The van der Waals surface area contributed by atoms with E-state index in [9.17, 15) is 14.7 Å². The molecular formula is C14H19N2O3S-. The van der Waals surface area contributed by atoms with Crippen LogP contribution in [-0.4, -0.2) is 30.1 Å². The Morgan fingerprint density at radius 3 is 2.65 bits per heavy atom. The summed E-state index contributed by atoms with van der Waals surface area (Å²) in [5.74, 6) is -0.627. The third-order valence-corrected chi connectivity index (χ3v) is 3.70. The normalized spacial score (nSPS) is 11.8. The molecule has 0 spiro atoms. The second kappa shape index (κ2) is 7.79. The lowest BCUT2D eigenvalue weighted by Gasteiger charge is -2.20. The van der Waals surface area contributed by atoms with Crippen molar-refractivity contribution in [2.75, 3.05) is 17.3 Å². The zero-order chi connectivity index (χ0) is 15.1. The van der Waals surface area contributed by atoms with Gasteiger partial charge in [-0.15, -0.1) is 0 Å². The highest BCUT2D eigenvalue weighted by Crippen LogP contribution is 2.17. The molecule has 0 bridgehead atoms. The van der Waals surface area contributed by atoms with Crippen molar-refractivity contribution in [1.82, 2.24) is 5.32 Å². The van der Waals surface area contributed by atoms with E-state index in [2.05, 4.69) is 10.6 Å². The fraction of sp³-hybridized carbons (Fsp3) is 0.429. The molecular weight excluding hydrogens is 276 g/mol. The molecule has 1 aromatic rings. The van der Waals surface area contributed by atoms with Gasteiger partial charge < -0.3 is 20.5 Å². The van der Waals surface area contributed by atoms with Crippen molar-refractivity contribution in [3.8, 4) is 0 Å². The smallest absolute Gasteiger partial charge is 0.319 e. The van der Waals surface area contributed by atoms with Crippen LogP contribution in [0, 0.1) is 13.8 Å². The number of hydrogen-bond acceptors (Lipinski definition) is 4. The monoisotopic (exact) mass is 295 g/mol. The topological polar surface area (TPSA) is 81.3 Å². The Kier molecular flexibility index (Phi) is 6.38. The Hall–Kier alpha value is -1.69. The number of carbonyl (C=O) groups is 2. The Labute approximate surface area is 123 Å². The van der Waals surface area contributed by atoms with Gasteiger partial charge in [-0.2, -0.15) is 11.8 Å². The highest BCUT2D eigenvalue weighted by atomic mass is 32.2. The molecule has 2 amide bonds. The molecule has 0 aliphatic rings. The van der Waals surface area contributed by atoms with Crippen LogP contribution in [0.3, 0.4) is 0 Å². The van der Waals surface area contributed by atoms with Gasteiger partial charge in [-0.3, -0.25) is 0 Å². The SMILES string of the molecule is CSCC[C@H](NC(=O)Nc1cccc(C)c1C)C(=O)[O-]. The molecule has 0 aromatic heterocycles. The van der Waals surface area contributed by atoms with E-state index in [-0.39, 0.29) is 0 Å². The Morgan fingerprint density at radius 2 is 2.05 bits per heavy atom. The molecule has 0 fully saturated rings. The van der Waals surface area contributed by atoms with Crippen LogP contribution in [0.2, 0.25) is 0 Å². The first-order valence-corrected chi connectivity index (χ1v) is 7.68. The minimum absolute atomic E-state index is 0.337. The number of rotatable bonds is 6. The molecule has 0 aliphatic heterocycles. The van der Waals surface area contributed by atoms with E-state index in [1.165, 1.54) is 11.8 Å². The number of amides is 2. The van der Waals surface area contributed by atoms with E-state index in [0.717, 1.165) is 11.1 Å². The van der Waals surface area contributed by atoms with Crippen LogP contribution < -0.4 is 15.7 Å². The molecule has 6 heteroatoms. The maximum absolute atomic E-state index is 11.8. The molecule has 0 saturated carbocycles. The van der Waals surface area contributed by atoms with E-state index in [4.69, 9.17) is 0 Å². The van der Waals surface area contributed by atoms with Crippen LogP contribution in [0.1, 0.15) is 17.5 Å². The van der Waals surface area contributed by atoms with Crippen LogP contribution in [0.5, 0.6) is 0 Å². The molecule has 0 radical (unpaired) electrons. The first-order valence-electron chi connectivity index (χ1n) is 6.29. The van der Waals surface area contributed by atoms with Crippen LogP contribution >= 0.6 is 11.8 Å². The van der Waals surface area contributed by atoms with Gasteiger partial charge in [0.15, 0.2) is 0 Å². The molecule has 0 unspecified atom stereocenters. The quantitative estimate of drug-likeness (QED) is 0.829. The van der Waals surface area contributed by atoms with E-state index in [0.29, 0.717) is 17.9 Å². The average Bonchev–Trinajstić information content (AvgIpc) is 2.39. The van der Waals surface area contributed by atoms with Crippen LogP contribution in [-0.2, 0) is 4.79 Å². The summed E-state index contributed by atoms with van der Waals surface area (Å²) in [6.07, 6.45) is 2.21. The highest BCUT2D eigenvalue weighted by Gasteiger charge is 2.13. The fourth-order valence-electron chi connectivity index (χ4n) is 1.69. The number of hydrogen-bond donors (Lipinski definition) is 2. The van der Waals surface area contributed by atoms with E-state index < -0.39 is 18.0 Å². The third-order valence-electron chi connectivity index (χ3n) is 3.05. The molecule has 0 saturated heterocycles. The Morgan fingerprint density at radius 1 is 1.35 bits per heavy atom. The lowest BCUT2D eigenvalue weighted by atomic mass is 10.1. The summed E-state index contributed by atoms with van der Waals surface area (Å²) in [6.45, 7) is 3.84. The van der Waals surface area contributed by atoms with Gasteiger partial charge in [0.1, 0.15) is 0 Å². The predicted molar refractivity (Wildman–Crippen MR) is 79.9 cm³/mol. The lowest BCUT2D eigenvalue weighted by molar-refractivity contribution is -0.308. The number of thioether (sulfide) groups is 1. The summed E-state index contributed by atoms with van der Waals surface area (Å²) in [7, 11) is 0. The highest BCUT2D eigenvalue weighted by molar-refractivity contribution is 7.98. The number of anilines is 1. The van der Waals surface area contributed by atoms with Crippen molar-refractivity contribution in [3.05, 3.63) is 29.3 Å². The van der Waals surface area contributed by atoms with Crippen molar-refractivity contribution in [1.29, 1.82) is 0 Å². The van der Waals surface area contributed by atoms with Crippen molar-refractivity contribution < 1.29 is 14.7 Å². The fourth-order valence-corrected chi connectivity index (χ4v) is 2.16. The predicted octanol–water partition coefficient (Wildman–Crippen LogP) is 1.30. The van der Waals surface area contributed by atoms with Gasteiger partial charge in [0, 0.05) is 5.69 Å². The third kappa shape index (κ3) is 4.77. The van der Waals surface area contributed by atoms with Crippen LogP contribution in [0.25, 0.3) is 0 Å². The molecule has 5 nitrogen and oxygen atoms in total. The molecule has 1 rings (SSSR count). The zero-order valence-corrected chi connectivity index (χ0v) is 12.7. The Balaban J connectivity index is 2.66. The summed E-state index contributed by atoms with van der Waals surface area (Å²) in [6, 6.07) is 4.04. The number of benzene rings is 1. The molecule has 0 heterocycles. The van der Waals surface area contributed by atoms with E-state index in [1.807, 2.05) is 32.2 Å². The van der Waals surface area contributed by atoms with Crippen LogP contribution in [0.15, 0.2) is 18.2 Å². The van der Waals surface area contributed by atoms with Gasteiger partial charge in [0.05, 0.1) is 12.0 Å². The minimum Gasteiger partial charge on any atom is -0.548 e. The molecule has 0 aliphatic carbocycles. The van der Waals surface area contributed by atoms with Gasteiger partial charge in [0.25, 0.3) is 0 Å². The Bertz CT molecular complexity index is 491. The number of carbonyl (C=O) groups excluding carboxylic acids is 2. The first-order chi connectivity index (χ1) is 9.45. The number of urea groups is 1. The summed E-state index contributed by atoms with van der Waals surface area (Å²) < 4.78 is 0. The first kappa shape index (κ1) is 16.4. The maximum atomic E-state index is 11.8. The number of aliphatic carboxylic acids is 1. The summed E-state index contributed by atoms with van der Waals surface area (Å²) in [5, 5.41) is 16.0. The van der Waals surface area contributed by atoms with Gasteiger partial charge >= 0.3 is 6.03 Å². The van der Waals surface area contributed by atoms with Crippen molar-refractivity contribution in [2.45, 2.75) is 26.3 Å². The van der Waals surface area contributed by atoms with Crippen molar-refractivity contribution in [3.63, 3.8) is 0 Å². The summed E-state index contributed by atoms with van der Waals surface area (Å²) >= 11 is 1.52. The van der Waals surface area contributed by atoms with E-state index >= 15 is 0 Å². The van der Waals surface area contributed by atoms with Gasteiger partial charge in [-0.25, -0.2) is 4.79 Å². The maximum Gasteiger partial charge on any atom is 0.319 e. The number of aryl methyl sites for hydroxylation is 1. The van der Waals surface area contributed by atoms with Gasteiger partial charge in [-0.1, -0.05) is 12.1 Å². The van der Waals surface area contributed by atoms with Gasteiger partial charge in [0.2, 0.25) is 0 Å². The number of nitrogens with one attached hydrogen (secondary N) is 2. The molecule has 110 valence electrons. The second-order valence-corrected chi connectivity index (χ2v) is 5.48. The molecule has 1 atom stereocenters. The van der Waals surface area contributed by atoms with Crippen molar-refractivity contribution >= 4 is 29.4 Å². The summed E-state index contributed by atoms with van der Waals surface area (Å²) in [5.41, 5.74) is 2.68. The second-order valence-electron chi connectivity index (χ2n) is 4.50. The molecule has 1 aromatic carbocycles. The zero-order valence-electron chi connectivity index (χ0n) is 11.9. The molecule has 20 heavy (non-hydrogen) atoms. The number of carboxylic acid groups (broad SMARTS) is 1. The van der Waals surface area contributed by atoms with Gasteiger partial charge in [-0.05, 0) is 49.5 Å². The van der Waals surface area contributed by atoms with Crippen LogP contribution in [0.4, 0.5) is 10.5 Å². The minimum atomic E-state index is -1.27. The van der Waals surface area contributed by atoms with Crippen molar-refractivity contribution in [2.24, 2.45) is 0 Å². The summed E-state index contributed by atoms with van der Waals surface area (Å²) in [4.78, 5) is 22.8. The average molecular weight is 295 g/mol. The standard InChI is InChI=1S/C14H20N2O3S/c1-9-5-4-6-11(10(9)2)15-14(19)16-12(13(17)18)7-8-20-3/h4-6,12H,7-8H2,1-3H3,(H,17,18)(H2,15,16,19)/p-1/t12-/m0/s1. The molecule has 2 N–H and O–H groups in total. The lowest BCUT2D eigenvalue weighted by Crippen LogP contribution is -2.49. The number of carboxylic acids is 1.